The Morgan fingerprint density at radius 1 is 1.10 bits per heavy atom. The van der Waals surface area contributed by atoms with E-state index in [4.69, 9.17) is 9.47 Å². The number of para-hydroxylation sites is 1. The topological polar surface area (TPSA) is 87.8 Å². The van der Waals surface area contributed by atoms with Crippen LogP contribution in [0.1, 0.15) is 33.7 Å². The molecule has 0 bridgehead atoms. The van der Waals surface area contributed by atoms with Gasteiger partial charge in [-0.1, -0.05) is 18.2 Å². The van der Waals surface area contributed by atoms with E-state index in [1.165, 1.54) is 0 Å². The molecule has 0 saturated carbocycles. The van der Waals surface area contributed by atoms with Gasteiger partial charge in [-0.05, 0) is 18.9 Å². The molecule has 152 valence electrons. The molecule has 1 atom stereocenters. The predicted octanol–water partition coefficient (Wildman–Crippen LogP) is 1.37. The zero-order valence-corrected chi connectivity index (χ0v) is 16.2. The maximum atomic E-state index is 13.2. The van der Waals surface area contributed by atoms with Crippen molar-refractivity contribution >= 4 is 11.8 Å². The van der Waals surface area contributed by atoms with Crippen LogP contribution >= 0.6 is 0 Å². The van der Waals surface area contributed by atoms with E-state index in [9.17, 15) is 9.59 Å². The van der Waals surface area contributed by atoms with Crippen molar-refractivity contribution in [3.8, 4) is 5.75 Å². The second-order valence-corrected chi connectivity index (χ2v) is 7.78. The van der Waals surface area contributed by atoms with Crippen LogP contribution in [-0.4, -0.2) is 64.7 Å². The van der Waals surface area contributed by atoms with Crippen LogP contribution in [0, 0.1) is 5.92 Å². The van der Waals surface area contributed by atoms with Crippen LogP contribution in [0.3, 0.4) is 0 Å². The molecule has 8 nitrogen and oxygen atoms in total. The smallest absolute Gasteiger partial charge is 0.275 e. The molecule has 2 amide bonds. The van der Waals surface area contributed by atoms with E-state index in [1.54, 1.807) is 4.90 Å². The number of hydrogen-bond donors (Lipinski definition) is 1. The summed E-state index contributed by atoms with van der Waals surface area (Å²) in [5.41, 5.74) is 3.26. The van der Waals surface area contributed by atoms with Gasteiger partial charge in [0.25, 0.3) is 5.91 Å². The Hall–Kier alpha value is -2.87. The third-order valence-electron chi connectivity index (χ3n) is 5.97. The van der Waals surface area contributed by atoms with Crippen LogP contribution in [0.25, 0.3) is 0 Å². The molecule has 2 aromatic rings. The van der Waals surface area contributed by atoms with E-state index in [2.05, 4.69) is 10.2 Å². The van der Waals surface area contributed by atoms with Gasteiger partial charge in [-0.2, -0.15) is 5.10 Å². The van der Waals surface area contributed by atoms with Crippen LogP contribution in [0.5, 0.6) is 5.75 Å². The van der Waals surface area contributed by atoms with Gasteiger partial charge in [0, 0.05) is 30.8 Å². The number of ether oxygens (including phenoxy) is 2. The molecule has 5 rings (SSSR count). The van der Waals surface area contributed by atoms with Gasteiger partial charge in [-0.25, -0.2) is 0 Å². The summed E-state index contributed by atoms with van der Waals surface area (Å²) < 4.78 is 11.1. The largest absolute Gasteiger partial charge is 0.491 e. The second-order valence-electron chi connectivity index (χ2n) is 7.78. The molecule has 1 aromatic carbocycles. The lowest BCUT2D eigenvalue weighted by Gasteiger charge is -2.29. The molecule has 1 N–H and O–H groups in total. The lowest BCUT2D eigenvalue weighted by atomic mass is 10.0. The first-order chi connectivity index (χ1) is 14.2. The third-order valence-corrected chi connectivity index (χ3v) is 5.97. The first-order valence-electron chi connectivity index (χ1n) is 10.1. The van der Waals surface area contributed by atoms with Crippen LogP contribution in [-0.2, 0) is 29.0 Å². The van der Waals surface area contributed by atoms with Gasteiger partial charge in [0.15, 0.2) is 5.69 Å². The fourth-order valence-electron chi connectivity index (χ4n) is 4.32. The lowest BCUT2D eigenvalue weighted by Crippen LogP contribution is -2.40. The zero-order chi connectivity index (χ0) is 19.8. The highest BCUT2D eigenvalue weighted by atomic mass is 16.5. The minimum atomic E-state index is -0.0910. The Bertz CT molecular complexity index is 935. The number of fused-ring (bicyclic) bond motifs is 2. The van der Waals surface area contributed by atoms with Gasteiger partial charge in [0.1, 0.15) is 12.4 Å². The Morgan fingerprint density at radius 3 is 2.86 bits per heavy atom. The summed E-state index contributed by atoms with van der Waals surface area (Å²) in [6.07, 6.45) is 1.42. The summed E-state index contributed by atoms with van der Waals surface area (Å²) in [4.78, 5) is 29.5. The molecule has 0 aliphatic carbocycles. The van der Waals surface area contributed by atoms with Crippen molar-refractivity contribution in [2.24, 2.45) is 5.92 Å². The van der Waals surface area contributed by atoms with Crippen molar-refractivity contribution in [3.05, 3.63) is 46.8 Å². The number of nitrogens with zero attached hydrogens (tertiary/aromatic N) is 3. The van der Waals surface area contributed by atoms with Crippen molar-refractivity contribution in [2.45, 2.75) is 25.9 Å². The number of aromatic amines is 1. The number of rotatable bonds is 2. The average molecular weight is 396 g/mol. The van der Waals surface area contributed by atoms with Crippen LogP contribution in [0.15, 0.2) is 24.3 Å². The van der Waals surface area contributed by atoms with E-state index in [-0.39, 0.29) is 17.7 Å². The lowest BCUT2D eigenvalue weighted by molar-refractivity contribution is -0.136. The minimum absolute atomic E-state index is 0.0438. The Morgan fingerprint density at radius 2 is 2.00 bits per heavy atom. The number of hydrogen-bond acceptors (Lipinski definition) is 5. The number of nitrogens with one attached hydrogen (secondary N) is 1. The van der Waals surface area contributed by atoms with E-state index >= 15 is 0 Å². The zero-order valence-electron chi connectivity index (χ0n) is 16.2. The molecule has 3 aliphatic rings. The van der Waals surface area contributed by atoms with E-state index in [1.807, 2.05) is 29.2 Å². The number of H-pyrrole nitrogens is 1. The number of amides is 2. The molecule has 1 aromatic heterocycles. The monoisotopic (exact) mass is 396 g/mol. The normalized spacial score (nSPS) is 21.2. The first-order valence-corrected chi connectivity index (χ1v) is 10.1. The maximum absolute atomic E-state index is 13.2. The maximum Gasteiger partial charge on any atom is 0.275 e. The van der Waals surface area contributed by atoms with E-state index in [0.29, 0.717) is 58.1 Å². The summed E-state index contributed by atoms with van der Waals surface area (Å²) in [6, 6.07) is 7.80. The molecular weight excluding hydrogens is 372 g/mol. The number of carbonyl (C=O) groups is 2. The van der Waals surface area contributed by atoms with Gasteiger partial charge in [-0.15, -0.1) is 0 Å². The fourth-order valence-corrected chi connectivity index (χ4v) is 4.32. The van der Waals surface area contributed by atoms with Crippen LogP contribution in [0.2, 0.25) is 0 Å². The van der Waals surface area contributed by atoms with Gasteiger partial charge in [-0.3, -0.25) is 14.7 Å². The summed E-state index contributed by atoms with van der Waals surface area (Å²) in [7, 11) is 0. The molecule has 4 heterocycles. The van der Waals surface area contributed by atoms with Crippen molar-refractivity contribution in [3.63, 3.8) is 0 Å². The van der Waals surface area contributed by atoms with Gasteiger partial charge < -0.3 is 19.3 Å². The van der Waals surface area contributed by atoms with Crippen LogP contribution in [0.4, 0.5) is 0 Å². The molecule has 8 heteroatoms. The number of aromatic nitrogens is 2. The van der Waals surface area contributed by atoms with Crippen LogP contribution < -0.4 is 4.74 Å². The minimum Gasteiger partial charge on any atom is -0.491 e. The molecular formula is C21H24N4O4. The number of benzene rings is 1. The summed E-state index contributed by atoms with van der Waals surface area (Å²) >= 11 is 0. The Balaban J connectivity index is 1.32. The second kappa shape index (κ2) is 7.51. The highest BCUT2D eigenvalue weighted by Crippen LogP contribution is 2.27. The molecule has 1 fully saturated rings. The fraction of sp³-hybridized carbons (Fsp3) is 0.476. The van der Waals surface area contributed by atoms with E-state index in [0.717, 1.165) is 29.0 Å². The summed E-state index contributed by atoms with van der Waals surface area (Å²) in [6.45, 7) is 3.71. The highest BCUT2D eigenvalue weighted by molar-refractivity contribution is 5.94. The van der Waals surface area contributed by atoms with Crippen molar-refractivity contribution < 1.29 is 19.1 Å². The third kappa shape index (κ3) is 3.37. The molecule has 3 aliphatic heterocycles. The highest BCUT2D eigenvalue weighted by Gasteiger charge is 2.33. The molecule has 0 spiro atoms. The molecule has 0 radical (unpaired) electrons. The molecule has 1 unspecified atom stereocenters. The quantitative estimate of drug-likeness (QED) is 0.828. The van der Waals surface area contributed by atoms with Gasteiger partial charge in [0.05, 0.1) is 31.3 Å². The molecule has 1 saturated heterocycles. The summed E-state index contributed by atoms with van der Waals surface area (Å²) in [5.74, 6) is 0.832. The van der Waals surface area contributed by atoms with E-state index < -0.39 is 0 Å². The van der Waals surface area contributed by atoms with Crippen molar-refractivity contribution in [1.82, 2.24) is 20.0 Å². The SMILES string of the molecule is O=C(c1n[nH]c2c1CCN(C(=O)C1CCOC1)C2)N1CCOc2ccccc2C1. The van der Waals surface area contributed by atoms with Crippen molar-refractivity contribution in [1.29, 1.82) is 0 Å². The standard InChI is InChI=1S/C21H24N4O4/c26-20(15-6-9-28-13-15)24-7-5-16-17(12-24)22-23-19(16)21(27)25-8-10-29-18-4-2-1-3-14(18)11-25/h1-4,15H,5-13H2,(H,22,23). The Kier molecular flexibility index (Phi) is 4.71. The van der Waals surface area contributed by atoms with Crippen molar-refractivity contribution in [2.75, 3.05) is 32.9 Å². The Labute approximate surface area is 168 Å². The van der Waals surface area contributed by atoms with Gasteiger partial charge >= 0.3 is 0 Å². The average Bonchev–Trinajstić information content (AvgIpc) is 3.38. The molecule has 29 heavy (non-hydrogen) atoms. The first kappa shape index (κ1) is 18.2. The van der Waals surface area contributed by atoms with Gasteiger partial charge in [0.2, 0.25) is 5.91 Å². The summed E-state index contributed by atoms with van der Waals surface area (Å²) in [5, 5.41) is 7.33. The predicted molar refractivity (Wildman–Crippen MR) is 103 cm³/mol. The number of carbonyl (C=O) groups excluding carboxylic acids is 2.